The first-order valence-corrected chi connectivity index (χ1v) is 5.82. The van der Waals surface area contributed by atoms with Crippen LogP contribution in [-0.2, 0) is 4.74 Å². The molecule has 1 saturated heterocycles. The molecule has 3 rings (SSSR count). The van der Waals surface area contributed by atoms with E-state index in [0.717, 1.165) is 4.73 Å². The number of aliphatic hydroxyl groups excluding tert-OH is 3. The molecular weight excluding hydrogens is 272 g/mol. The lowest BCUT2D eigenvalue weighted by Gasteiger charge is -2.16. The van der Waals surface area contributed by atoms with Gasteiger partial charge in [-0.2, -0.15) is 0 Å². The number of H-pyrrole nitrogens is 1. The van der Waals surface area contributed by atoms with Gasteiger partial charge in [0, 0.05) is 0 Å². The number of fused-ring (bicyclic) bond motifs is 1. The molecule has 0 radical (unpaired) electrons. The largest absolute Gasteiger partial charge is 0.394 e. The highest BCUT2D eigenvalue weighted by Gasteiger charge is 2.44. The zero-order chi connectivity index (χ0) is 14.3. The van der Waals surface area contributed by atoms with Crippen LogP contribution < -0.4 is 10.4 Å². The molecule has 0 amide bonds. The average Bonchev–Trinajstić information content (AvgIpc) is 2.97. The SMILES string of the molecule is O=c1[nH]cnc2c1ncn2O[C@@H]1O[C@H](CO)[C@@H](O)[C@@H]1O. The van der Waals surface area contributed by atoms with Crippen molar-refractivity contribution in [3.63, 3.8) is 0 Å². The van der Waals surface area contributed by atoms with E-state index in [1.54, 1.807) is 0 Å². The van der Waals surface area contributed by atoms with Crippen LogP contribution in [0, 0.1) is 0 Å². The van der Waals surface area contributed by atoms with Crippen LogP contribution in [0.4, 0.5) is 0 Å². The molecule has 10 nitrogen and oxygen atoms in total. The van der Waals surface area contributed by atoms with Crippen molar-refractivity contribution >= 4 is 11.2 Å². The van der Waals surface area contributed by atoms with Crippen LogP contribution in [0.3, 0.4) is 0 Å². The van der Waals surface area contributed by atoms with Gasteiger partial charge in [-0.25, -0.2) is 9.97 Å². The third-order valence-electron chi connectivity index (χ3n) is 3.03. The first kappa shape index (κ1) is 13.0. The van der Waals surface area contributed by atoms with Crippen LogP contribution in [0.15, 0.2) is 17.4 Å². The summed E-state index contributed by atoms with van der Waals surface area (Å²) in [7, 11) is 0. The number of rotatable bonds is 3. The first-order valence-electron chi connectivity index (χ1n) is 5.82. The number of hydrogen-bond acceptors (Lipinski definition) is 8. The Kier molecular flexibility index (Phi) is 3.14. The molecule has 0 aromatic carbocycles. The minimum absolute atomic E-state index is 0.0687. The molecular formula is C10H12N4O6. The normalized spacial score (nSPS) is 29.9. The molecule has 0 saturated carbocycles. The van der Waals surface area contributed by atoms with Crippen molar-refractivity contribution in [3.8, 4) is 0 Å². The summed E-state index contributed by atoms with van der Waals surface area (Å²) in [5.74, 6) is 0. The third kappa shape index (κ3) is 1.94. The monoisotopic (exact) mass is 284 g/mol. The van der Waals surface area contributed by atoms with E-state index in [-0.39, 0.29) is 11.2 Å². The Bertz CT molecular complexity index is 669. The minimum Gasteiger partial charge on any atom is -0.394 e. The van der Waals surface area contributed by atoms with Gasteiger partial charge < -0.3 is 29.9 Å². The van der Waals surface area contributed by atoms with Crippen molar-refractivity contribution in [2.24, 2.45) is 0 Å². The van der Waals surface area contributed by atoms with E-state index in [9.17, 15) is 15.0 Å². The van der Waals surface area contributed by atoms with E-state index in [4.69, 9.17) is 14.7 Å². The predicted molar refractivity (Wildman–Crippen MR) is 62.5 cm³/mol. The highest BCUT2D eigenvalue weighted by atomic mass is 16.8. The van der Waals surface area contributed by atoms with E-state index in [1.165, 1.54) is 12.7 Å². The maximum absolute atomic E-state index is 11.5. The molecule has 4 N–H and O–H groups in total. The maximum atomic E-state index is 11.5. The highest BCUT2D eigenvalue weighted by molar-refractivity contribution is 5.68. The molecule has 1 aliphatic heterocycles. The van der Waals surface area contributed by atoms with Crippen molar-refractivity contribution in [1.82, 2.24) is 19.7 Å². The number of aromatic nitrogens is 4. The topological polar surface area (TPSA) is 143 Å². The lowest BCUT2D eigenvalue weighted by atomic mass is 10.1. The van der Waals surface area contributed by atoms with Crippen molar-refractivity contribution < 1.29 is 24.9 Å². The van der Waals surface area contributed by atoms with Gasteiger partial charge in [-0.3, -0.25) is 4.79 Å². The van der Waals surface area contributed by atoms with Crippen molar-refractivity contribution in [3.05, 3.63) is 23.0 Å². The van der Waals surface area contributed by atoms with Crippen LogP contribution in [-0.4, -0.2) is 66.2 Å². The van der Waals surface area contributed by atoms with Gasteiger partial charge in [0.05, 0.1) is 12.9 Å². The van der Waals surface area contributed by atoms with Crippen molar-refractivity contribution in [2.75, 3.05) is 6.61 Å². The summed E-state index contributed by atoms with van der Waals surface area (Å²) in [6.45, 7) is -0.458. The van der Waals surface area contributed by atoms with Crippen molar-refractivity contribution in [1.29, 1.82) is 0 Å². The third-order valence-corrected chi connectivity index (χ3v) is 3.03. The molecule has 0 aliphatic carbocycles. The van der Waals surface area contributed by atoms with Gasteiger partial charge in [-0.1, -0.05) is 0 Å². The second kappa shape index (κ2) is 4.83. The predicted octanol–water partition coefficient (Wildman–Crippen LogP) is -3.01. The number of hydrogen-bond donors (Lipinski definition) is 4. The quantitative estimate of drug-likeness (QED) is 0.466. The fourth-order valence-electron chi connectivity index (χ4n) is 1.97. The van der Waals surface area contributed by atoms with E-state index < -0.39 is 36.8 Å². The van der Waals surface area contributed by atoms with Gasteiger partial charge >= 0.3 is 0 Å². The van der Waals surface area contributed by atoms with Crippen LogP contribution in [0.2, 0.25) is 0 Å². The molecule has 0 bridgehead atoms. The molecule has 0 spiro atoms. The number of aliphatic hydroxyl groups is 3. The molecule has 1 fully saturated rings. The number of ether oxygens (including phenoxy) is 1. The first-order chi connectivity index (χ1) is 9.61. The van der Waals surface area contributed by atoms with Crippen LogP contribution in [0.25, 0.3) is 11.2 Å². The molecule has 4 atom stereocenters. The summed E-state index contributed by atoms with van der Waals surface area (Å²) >= 11 is 0. The summed E-state index contributed by atoms with van der Waals surface area (Å²) in [5, 5.41) is 28.3. The average molecular weight is 284 g/mol. The zero-order valence-corrected chi connectivity index (χ0v) is 10.1. The molecule has 2 aromatic rings. The summed E-state index contributed by atoms with van der Waals surface area (Å²) in [6, 6.07) is 0. The van der Waals surface area contributed by atoms with Gasteiger partial charge in [0.25, 0.3) is 11.8 Å². The molecule has 10 heteroatoms. The lowest BCUT2D eigenvalue weighted by Crippen LogP contribution is -2.38. The standard InChI is InChI=1S/C10H12N4O6/c15-1-4-6(16)7(17)10(19-4)20-14-3-13-5-8(14)11-2-12-9(5)18/h2-4,6-7,10,15-17H,1H2,(H,11,12,18)/t4-,6-,7+,10+/m1/s1. The summed E-state index contributed by atoms with van der Waals surface area (Å²) in [4.78, 5) is 26.8. The molecule has 3 heterocycles. The van der Waals surface area contributed by atoms with Gasteiger partial charge in [-0.15, -0.1) is 4.73 Å². The zero-order valence-electron chi connectivity index (χ0n) is 10.1. The minimum atomic E-state index is -1.34. The molecule has 108 valence electrons. The Labute approximate surface area is 111 Å². The molecule has 20 heavy (non-hydrogen) atoms. The highest BCUT2D eigenvalue weighted by Crippen LogP contribution is 2.20. The Morgan fingerprint density at radius 2 is 2.20 bits per heavy atom. The molecule has 1 aliphatic rings. The summed E-state index contributed by atoms with van der Waals surface area (Å²) in [6.07, 6.45) is -2.38. The van der Waals surface area contributed by atoms with Crippen molar-refractivity contribution in [2.45, 2.75) is 24.6 Å². The lowest BCUT2D eigenvalue weighted by molar-refractivity contribution is -0.169. The van der Waals surface area contributed by atoms with Gasteiger partial charge in [0.2, 0.25) is 5.65 Å². The second-order valence-corrected chi connectivity index (χ2v) is 4.29. The summed E-state index contributed by atoms with van der Waals surface area (Å²) < 4.78 is 6.21. The van der Waals surface area contributed by atoms with Crippen LogP contribution >= 0.6 is 0 Å². The Hall–Kier alpha value is -2.01. The number of aromatic amines is 1. The van der Waals surface area contributed by atoms with Crippen LogP contribution in [0.5, 0.6) is 0 Å². The smallest absolute Gasteiger partial charge is 0.279 e. The fourth-order valence-corrected chi connectivity index (χ4v) is 1.97. The molecule has 0 unspecified atom stereocenters. The number of imidazole rings is 1. The van der Waals surface area contributed by atoms with Gasteiger partial charge in [-0.05, 0) is 0 Å². The molecule has 2 aromatic heterocycles. The van der Waals surface area contributed by atoms with Gasteiger partial charge in [0.15, 0.2) is 5.52 Å². The van der Waals surface area contributed by atoms with E-state index in [2.05, 4.69) is 15.0 Å². The Morgan fingerprint density at radius 1 is 1.40 bits per heavy atom. The maximum Gasteiger partial charge on any atom is 0.279 e. The van der Waals surface area contributed by atoms with E-state index >= 15 is 0 Å². The van der Waals surface area contributed by atoms with Gasteiger partial charge in [0.1, 0.15) is 24.6 Å². The Balaban J connectivity index is 1.87. The number of nitrogens with one attached hydrogen (secondary N) is 1. The number of nitrogens with zero attached hydrogens (tertiary/aromatic N) is 3. The second-order valence-electron chi connectivity index (χ2n) is 4.29. The van der Waals surface area contributed by atoms with Crippen LogP contribution in [0.1, 0.15) is 0 Å². The fraction of sp³-hybridized carbons (Fsp3) is 0.500. The Morgan fingerprint density at radius 3 is 2.90 bits per heavy atom. The summed E-state index contributed by atoms with van der Waals surface area (Å²) in [5.41, 5.74) is -0.218. The van der Waals surface area contributed by atoms with E-state index in [0.29, 0.717) is 0 Å². The van der Waals surface area contributed by atoms with E-state index in [1.807, 2.05) is 0 Å².